The first-order valence-electron chi connectivity index (χ1n) is 13.7. The van der Waals surface area contributed by atoms with E-state index in [1.54, 1.807) is 0 Å². The average molecular weight is 646 g/mol. The molecule has 2 aliphatic rings. The van der Waals surface area contributed by atoms with Crippen molar-refractivity contribution in [1.82, 2.24) is 9.97 Å². The molecule has 0 bridgehead atoms. The van der Waals surface area contributed by atoms with E-state index in [0.29, 0.717) is 48.9 Å². The molecular weight excluding hydrogens is 608 g/mol. The molecule has 1 aliphatic heterocycles. The van der Waals surface area contributed by atoms with Crippen LogP contribution in [0.5, 0.6) is 5.88 Å². The lowest BCUT2D eigenvalue weighted by molar-refractivity contribution is -0.198. The van der Waals surface area contributed by atoms with Gasteiger partial charge in [0.1, 0.15) is 6.04 Å². The van der Waals surface area contributed by atoms with Crippen molar-refractivity contribution in [2.24, 2.45) is 11.7 Å². The van der Waals surface area contributed by atoms with Crippen LogP contribution < -0.4 is 16.2 Å². The molecule has 236 valence electrons. The quantitative estimate of drug-likeness (QED) is 0.275. The zero-order chi connectivity index (χ0) is 31.0. The predicted molar refractivity (Wildman–Crippen MR) is 162 cm³/mol. The number of nitrogen functional groups attached to an aromatic ring is 1. The van der Waals surface area contributed by atoms with Crippen molar-refractivity contribution >= 4 is 47.1 Å². The van der Waals surface area contributed by atoms with Crippen LogP contribution in [0.1, 0.15) is 82.7 Å². The number of hydrogen-bond donors (Lipinski definition) is 3. The Labute approximate surface area is 260 Å². The Balaban J connectivity index is 0.00000506. The number of benzene rings is 1. The number of nitrogens with zero attached hydrogens (tertiary/aromatic N) is 2. The van der Waals surface area contributed by atoms with Gasteiger partial charge in [-0.3, -0.25) is 4.79 Å². The first-order valence-corrected chi connectivity index (χ1v) is 14.1. The van der Waals surface area contributed by atoms with Crippen LogP contribution in [0.3, 0.4) is 0 Å². The number of halogens is 5. The van der Waals surface area contributed by atoms with Crippen molar-refractivity contribution in [3.05, 3.63) is 58.3 Å². The molecule has 3 atom stereocenters. The minimum Gasteiger partial charge on any atom is -0.480 e. The summed E-state index contributed by atoms with van der Waals surface area (Å²) in [7, 11) is 0. The second kappa shape index (κ2) is 13.0. The van der Waals surface area contributed by atoms with Crippen molar-refractivity contribution in [2.45, 2.75) is 89.3 Å². The minimum absolute atomic E-state index is 0. The fourth-order valence-electron chi connectivity index (χ4n) is 5.81. The molecule has 4 rings (SSSR count). The van der Waals surface area contributed by atoms with E-state index in [1.165, 1.54) is 24.3 Å². The highest BCUT2D eigenvalue weighted by Crippen LogP contribution is 2.45. The van der Waals surface area contributed by atoms with Gasteiger partial charge in [0.2, 0.25) is 17.9 Å². The van der Waals surface area contributed by atoms with E-state index in [2.05, 4.69) is 9.97 Å². The fourth-order valence-corrected chi connectivity index (χ4v) is 5.98. The molecule has 13 heteroatoms. The van der Waals surface area contributed by atoms with Gasteiger partial charge in [-0.15, -0.1) is 12.4 Å². The van der Waals surface area contributed by atoms with Gasteiger partial charge >= 0.3 is 12.1 Å². The van der Waals surface area contributed by atoms with Crippen LogP contribution in [-0.2, 0) is 9.53 Å². The number of carboxylic acids is 1. The first-order chi connectivity index (χ1) is 19.4. The number of rotatable bonds is 8. The Morgan fingerprint density at radius 1 is 1.21 bits per heavy atom. The summed E-state index contributed by atoms with van der Waals surface area (Å²) in [6.07, 6.45) is -1.05. The van der Waals surface area contributed by atoms with Crippen LogP contribution in [0.15, 0.2) is 36.4 Å². The second-order valence-corrected chi connectivity index (χ2v) is 12.5. The van der Waals surface area contributed by atoms with E-state index in [9.17, 15) is 18.0 Å². The summed E-state index contributed by atoms with van der Waals surface area (Å²) in [5.41, 5.74) is 12.2. The third-order valence-corrected chi connectivity index (χ3v) is 7.57. The van der Waals surface area contributed by atoms with Gasteiger partial charge < -0.3 is 26.0 Å². The summed E-state index contributed by atoms with van der Waals surface area (Å²) in [4.78, 5) is 19.3. The molecule has 5 N–H and O–H groups in total. The number of aromatic nitrogens is 2. The summed E-state index contributed by atoms with van der Waals surface area (Å²) in [6, 6.07) is 4.63. The topological polar surface area (TPSA) is 134 Å². The molecule has 0 spiro atoms. The Kier molecular flexibility index (Phi) is 10.5. The van der Waals surface area contributed by atoms with E-state index in [1.807, 2.05) is 39.8 Å². The van der Waals surface area contributed by atoms with Crippen molar-refractivity contribution in [2.75, 3.05) is 5.73 Å². The van der Waals surface area contributed by atoms with Crippen LogP contribution in [0.2, 0.25) is 5.02 Å². The molecule has 2 heterocycles. The normalized spacial score (nSPS) is 21.1. The van der Waals surface area contributed by atoms with E-state index in [4.69, 9.17) is 37.6 Å². The molecule has 1 aliphatic carbocycles. The van der Waals surface area contributed by atoms with Gasteiger partial charge in [0.25, 0.3) is 0 Å². The van der Waals surface area contributed by atoms with Crippen molar-refractivity contribution in [1.29, 1.82) is 0 Å². The van der Waals surface area contributed by atoms with Crippen molar-refractivity contribution in [3.8, 4) is 5.88 Å². The number of anilines is 1. The van der Waals surface area contributed by atoms with Gasteiger partial charge in [0, 0.05) is 23.1 Å². The molecule has 0 radical (unpaired) electrons. The summed E-state index contributed by atoms with van der Waals surface area (Å²) in [5.74, 6) is -1.54. The Morgan fingerprint density at radius 3 is 2.49 bits per heavy atom. The maximum absolute atomic E-state index is 14.7. The molecule has 0 saturated carbocycles. The summed E-state index contributed by atoms with van der Waals surface area (Å²) in [6.45, 7) is 7.47. The molecule has 8 nitrogen and oxygen atoms in total. The standard InChI is InChI=1S/C30H36ClF3N4O4.ClH/c1-28(2)14-18(15-29(3,4)42-28)21-12-19(31)9-10-20(21)25(30(32,33)34)41-24-13-23(37-27(36)38-24)17-7-5-16(6-8-17)11-22(35)26(39)40;/h7,9-10,12-14,16,22,25H,5-6,8,11,15,35H2,1-4H3,(H,39,40)(H2,36,37,38);1H/t16?,22-,25+;/m0./s1. The zero-order valence-corrected chi connectivity index (χ0v) is 25.9. The molecular formula is C30H37Cl2F3N4O4. The number of carbonyl (C=O) groups is 1. The molecule has 0 fully saturated rings. The van der Waals surface area contributed by atoms with Gasteiger partial charge in [0.15, 0.2) is 0 Å². The fraction of sp³-hybridized carbons (Fsp3) is 0.500. The van der Waals surface area contributed by atoms with Gasteiger partial charge in [-0.25, -0.2) is 4.98 Å². The lowest BCUT2D eigenvalue weighted by Crippen LogP contribution is -2.40. The number of nitrogens with two attached hydrogens (primary N) is 2. The highest BCUT2D eigenvalue weighted by Gasteiger charge is 2.46. The van der Waals surface area contributed by atoms with Crippen LogP contribution in [-0.4, -0.2) is 44.5 Å². The molecule has 2 aromatic rings. The van der Waals surface area contributed by atoms with Crippen LogP contribution >= 0.6 is 24.0 Å². The predicted octanol–water partition coefficient (Wildman–Crippen LogP) is 7.16. The molecule has 0 saturated heterocycles. The lowest BCUT2D eigenvalue weighted by atomic mass is 9.83. The highest BCUT2D eigenvalue weighted by atomic mass is 35.5. The molecule has 43 heavy (non-hydrogen) atoms. The minimum atomic E-state index is -4.81. The van der Waals surface area contributed by atoms with E-state index >= 15 is 0 Å². The first kappa shape index (κ1) is 34.6. The number of allylic oxidation sites excluding steroid dienone is 2. The van der Waals surface area contributed by atoms with E-state index in [0.717, 1.165) is 5.57 Å². The second-order valence-electron chi connectivity index (χ2n) is 12.1. The maximum atomic E-state index is 14.7. The molecule has 1 aromatic carbocycles. The van der Waals surface area contributed by atoms with Crippen molar-refractivity contribution < 1.29 is 32.5 Å². The summed E-state index contributed by atoms with van der Waals surface area (Å²) in [5, 5.41) is 9.38. The zero-order valence-electron chi connectivity index (χ0n) is 24.4. The van der Waals surface area contributed by atoms with Gasteiger partial charge in [-0.05, 0) is 94.2 Å². The smallest absolute Gasteiger partial charge is 0.429 e. The largest absolute Gasteiger partial charge is 0.480 e. The number of hydrogen-bond acceptors (Lipinski definition) is 7. The van der Waals surface area contributed by atoms with Crippen LogP contribution in [0, 0.1) is 5.92 Å². The van der Waals surface area contributed by atoms with Crippen LogP contribution in [0.25, 0.3) is 11.1 Å². The number of alkyl halides is 3. The average Bonchev–Trinajstić information content (AvgIpc) is 2.85. The van der Waals surface area contributed by atoms with E-state index < -0.39 is 35.5 Å². The van der Waals surface area contributed by atoms with Gasteiger partial charge in [-0.2, -0.15) is 18.2 Å². The third-order valence-electron chi connectivity index (χ3n) is 7.33. The summed E-state index contributed by atoms with van der Waals surface area (Å²) < 4.78 is 55.7. The van der Waals surface area contributed by atoms with Gasteiger partial charge in [0.05, 0.1) is 16.9 Å². The number of carboxylic acid groups (broad SMARTS) is 1. The van der Waals surface area contributed by atoms with Crippen molar-refractivity contribution in [3.63, 3.8) is 0 Å². The Hall–Kier alpha value is -2.86. The number of aliphatic carboxylic acids is 1. The molecule has 0 amide bonds. The highest BCUT2D eigenvalue weighted by molar-refractivity contribution is 6.30. The third kappa shape index (κ3) is 8.84. The van der Waals surface area contributed by atoms with E-state index in [-0.39, 0.29) is 40.7 Å². The SMILES string of the molecule is CC1(C)C=C(c2cc(Cl)ccc2[C@@H](Oc2cc(C3=CCC(C[C@H](N)C(=O)O)CC3)nc(N)n2)C(F)(F)F)CC(C)(C)O1.Cl. The Morgan fingerprint density at radius 2 is 1.91 bits per heavy atom. The van der Waals surface area contributed by atoms with Gasteiger partial charge in [-0.1, -0.05) is 23.7 Å². The number of ether oxygens (including phenoxy) is 2. The Bertz CT molecular complexity index is 1410. The summed E-state index contributed by atoms with van der Waals surface area (Å²) >= 11 is 6.28. The van der Waals surface area contributed by atoms with Crippen LogP contribution in [0.4, 0.5) is 19.1 Å². The monoisotopic (exact) mass is 644 g/mol. The maximum Gasteiger partial charge on any atom is 0.429 e. The molecule has 1 unspecified atom stereocenters. The molecule has 1 aromatic heterocycles. The lowest BCUT2D eigenvalue weighted by Gasteiger charge is -2.40.